The second-order valence-electron chi connectivity index (χ2n) is 6.53. The van der Waals surface area contributed by atoms with Crippen LogP contribution in [0.15, 0.2) is 71.3 Å². The number of furan rings is 1. The quantitative estimate of drug-likeness (QED) is 0.495. The summed E-state index contributed by atoms with van der Waals surface area (Å²) in [5, 5.41) is 5.63. The van der Waals surface area contributed by atoms with E-state index in [0.717, 1.165) is 17.1 Å². The third-order valence-electron chi connectivity index (χ3n) is 4.32. The maximum absolute atomic E-state index is 12.0. The van der Waals surface area contributed by atoms with Gasteiger partial charge in [0.15, 0.2) is 5.76 Å². The van der Waals surface area contributed by atoms with Crippen molar-refractivity contribution in [3.8, 4) is 11.5 Å². The van der Waals surface area contributed by atoms with Gasteiger partial charge < -0.3 is 24.5 Å². The summed E-state index contributed by atoms with van der Waals surface area (Å²) in [5.41, 5.74) is 1.59. The highest BCUT2D eigenvalue weighted by Gasteiger charge is 2.08. The number of anilines is 1. The zero-order chi connectivity index (χ0) is 21.2. The number of hydrogen-bond acceptors (Lipinski definition) is 5. The van der Waals surface area contributed by atoms with Gasteiger partial charge in [0.25, 0.3) is 5.91 Å². The van der Waals surface area contributed by atoms with Gasteiger partial charge in [0, 0.05) is 18.7 Å². The fourth-order valence-electron chi connectivity index (χ4n) is 2.69. The van der Waals surface area contributed by atoms with Crippen molar-refractivity contribution in [2.75, 3.05) is 19.0 Å². The lowest BCUT2D eigenvalue weighted by Crippen LogP contribution is -2.23. The van der Waals surface area contributed by atoms with Gasteiger partial charge in [-0.25, -0.2) is 0 Å². The van der Waals surface area contributed by atoms with Gasteiger partial charge in [-0.2, -0.15) is 0 Å². The molecule has 0 aliphatic carbocycles. The molecule has 7 heteroatoms. The first-order valence-corrected chi connectivity index (χ1v) is 9.61. The van der Waals surface area contributed by atoms with Gasteiger partial charge in [-0.3, -0.25) is 9.59 Å². The van der Waals surface area contributed by atoms with E-state index in [-0.39, 0.29) is 17.6 Å². The molecule has 1 heterocycles. The fourth-order valence-corrected chi connectivity index (χ4v) is 2.69. The molecule has 3 aromatic rings. The molecule has 0 saturated carbocycles. The van der Waals surface area contributed by atoms with E-state index in [9.17, 15) is 9.59 Å². The summed E-state index contributed by atoms with van der Waals surface area (Å²) >= 11 is 0. The molecule has 7 nitrogen and oxygen atoms in total. The van der Waals surface area contributed by atoms with E-state index >= 15 is 0 Å². The number of carbonyl (C=O) groups is 2. The maximum atomic E-state index is 12.0. The fraction of sp³-hybridized carbons (Fsp3) is 0.217. The topological polar surface area (TPSA) is 89.8 Å². The lowest BCUT2D eigenvalue weighted by atomic mass is 10.2. The standard InChI is InChI=1S/C23H24N2O5/c1-28-19-10-12-20(13-11-19)29-14-3-5-22(26)24-16-17-6-8-18(9-7-17)25-23(27)21-4-2-15-30-21/h2,4,6-13,15H,3,5,14,16H2,1H3,(H,24,26)(H,25,27). The summed E-state index contributed by atoms with van der Waals surface area (Å²) in [4.78, 5) is 23.9. The first kappa shape index (κ1) is 21.0. The highest BCUT2D eigenvalue weighted by Crippen LogP contribution is 2.17. The Bertz CT molecular complexity index is 935. The van der Waals surface area contributed by atoms with E-state index in [1.165, 1.54) is 6.26 Å². The number of carbonyl (C=O) groups excluding carboxylic acids is 2. The first-order chi connectivity index (χ1) is 14.6. The minimum absolute atomic E-state index is 0.0384. The molecule has 0 atom stereocenters. The van der Waals surface area contributed by atoms with Crippen molar-refractivity contribution >= 4 is 17.5 Å². The van der Waals surface area contributed by atoms with Crippen molar-refractivity contribution in [2.24, 2.45) is 0 Å². The summed E-state index contributed by atoms with van der Waals surface area (Å²) in [6, 6.07) is 17.9. The van der Waals surface area contributed by atoms with Crippen molar-refractivity contribution < 1.29 is 23.5 Å². The van der Waals surface area contributed by atoms with E-state index in [4.69, 9.17) is 13.9 Å². The number of nitrogens with one attached hydrogen (secondary N) is 2. The van der Waals surface area contributed by atoms with Crippen molar-refractivity contribution in [1.29, 1.82) is 0 Å². The van der Waals surface area contributed by atoms with Gasteiger partial charge in [-0.05, 0) is 60.5 Å². The van der Waals surface area contributed by atoms with Gasteiger partial charge in [0.2, 0.25) is 5.91 Å². The second-order valence-corrected chi connectivity index (χ2v) is 6.53. The summed E-state index contributed by atoms with van der Waals surface area (Å²) in [6.45, 7) is 0.883. The van der Waals surface area contributed by atoms with E-state index < -0.39 is 0 Å². The third kappa shape index (κ3) is 6.41. The Balaban J connectivity index is 1.33. The first-order valence-electron chi connectivity index (χ1n) is 9.61. The van der Waals surface area contributed by atoms with E-state index in [1.807, 2.05) is 36.4 Å². The van der Waals surface area contributed by atoms with Crippen LogP contribution in [0.3, 0.4) is 0 Å². The maximum Gasteiger partial charge on any atom is 0.291 e. The van der Waals surface area contributed by atoms with Crippen molar-refractivity contribution in [1.82, 2.24) is 5.32 Å². The predicted molar refractivity (Wildman–Crippen MR) is 113 cm³/mol. The highest BCUT2D eigenvalue weighted by molar-refractivity contribution is 6.02. The molecule has 0 radical (unpaired) electrons. The second kappa shape index (κ2) is 10.7. The highest BCUT2D eigenvalue weighted by atomic mass is 16.5. The third-order valence-corrected chi connectivity index (χ3v) is 4.32. The summed E-state index contributed by atoms with van der Waals surface area (Å²) in [5.74, 6) is 1.42. The molecule has 0 aliphatic rings. The van der Waals surface area contributed by atoms with Crippen LogP contribution in [0, 0.1) is 0 Å². The molecule has 0 spiro atoms. The van der Waals surface area contributed by atoms with Crippen LogP contribution in [-0.4, -0.2) is 25.5 Å². The molecular weight excluding hydrogens is 384 g/mol. The largest absolute Gasteiger partial charge is 0.497 e. The molecule has 2 N–H and O–H groups in total. The van der Waals surface area contributed by atoms with Gasteiger partial charge >= 0.3 is 0 Å². The molecule has 3 rings (SSSR count). The van der Waals surface area contributed by atoms with Crippen LogP contribution in [0.5, 0.6) is 11.5 Å². The Labute approximate surface area is 175 Å². The Morgan fingerprint density at radius 2 is 1.70 bits per heavy atom. The minimum atomic E-state index is -0.307. The van der Waals surface area contributed by atoms with E-state index in [2.05, 4.69) is 10.6 Å². The number of ether oxygens (including phenoxy) is 2. The van der Waals surface area contributed by atoms with Crippen LogP contribution in [-0.2, 0) is 11.3 Å². The van der Waals surface area contributed by atoms with Crippen LogP contribution in [0.1, 0.15) is 29.0 Å². The summed E-state index contributed by atoms with van der Waals surface area (Å²) < 4.78 is 15.8. The SMILES string of the molecule is COc1ccc(OCCCC(=O)NCc2ccc(NC(=O)c3ccco3)cc2)cc1. The Kier molecular flexibility index (Phi) is 7.49. The predicted octanol–water partition coefficient (Wildman–Crippen LogP) is 4.02. The monoisotopic (exact) mass is 408 g/mol. The van der Waals surface area contributed by atoms with Crippen LogP contribution in [0.4, 0.5) is 5.69 Å². The average molecular weight is 408 g/mol. The van der Waals surface area contributed by atoms with Crippen molar-refractivity contribution in [3.05, 3.63) is 78.3 Å². The molecule has 0 fully saturated rings. The molecule has 0 aliphatic heterocycles. The lowest BCUT2D eigenvalue weighted by Gasteiger charge is -2.08. The van der Waals surface area contributed by atoms with Crippen molar-refractivity contribution in [2.45, 2.75) is 19.4 Å². The number of hydrogen-bond donors (Lipinski definition) is 2. The van der Waals surface area contributed by atoms with Crippen molar-refractivity contribution in [3.63, 3.8) is 0 Å². The van der Waals surface area contributed by atoms with Gasteiger partial charge in [-0.15, -0.1) is 0 Å². The van der Waals surface area contributed by atoms with Gasteiger partial charge in [0.05, 0.1) is 20.0 Å². The molecule has 0 bridgehead atoms. The van der Waals surface area contributed by atoms with Gasteiger partial charge in [0.1, 0.15) is 11.5 Å². The number of rotatable bonds is 10. The molecule has 0 unspecified atom stereocenters. The Morgan fingerprint density at radius 3 is 2.37 bits per heavy atom. The van der Waals surface area contributed by atoms with E-state index in [1.54, 1.807) is 31.4 Å². The van der Waals surface area contributed by atoms with Crippen LogP contribution in [0.2, 0.25) is 0 Å². The van der Waals surface area contributed by atoms with Crippen LogP contribution in [0.25, 0.3) is 0 Å². The van der Waals surface area contributed by atoms with Gasteiger partial charge in [-0.1, -0.05) is 12.1 Å². The summed E-state index contributed by atoms with van der Waals surface area (Å²) in [7, 11) is 1.61. The minimum Gasteiger partial charge on any atom is -0.497 e. The summed E-state index contributed by atoms with van der Waals surface area (Å²) in [6.07, 6.45) is 2.45. The van der Waals surface area contributed by atoms with Crippen LogP contribution >= 0.6 is 0 Å². The zero-order valence-corrected chi connectivity index (χ0v) is 16.7. The van der Waals surface area contributed by atoms with Crippen LogP contribution < -0.4 is 20.1 Å². The molecule has 1 aromatic heterocycles. The zero-order valence-electron chi connectivity index (χ0n) is 16.7. The number of benzene rings is 2. The Morgan fingerprint density at radius 1 is 0.967 bits per heavy atom. The molecular formula is C23H24N2O5. The Hall–Kier alpha value is -3.74. The smallest absolute Gasteiger partial charge is 0.291 e. The lowest BCUT2D eigenvalue weighted by molar-refractivity contribution is -0.121. The normalized spacial score (nSPS) is 10.3. The molecule has 2 aromatic carbocycles. The number of amides is 2. The molecule has 2 amide bonds. The molecule has 156 valence electrons. The molecule has 0 saturated heterocycles. The average Bonchev–Trinajstić information content (AvgIpc) is 3.32. The number of methoxy groups -OCH3 is 1. The molecule has 30 heavy (non-hydrogen) atoms. The van der Waals surface area contributed by atoms with E-state index in [0.29, 0.717) is 31.7 Å².